The van der Waals surface area contributed by atoms with Crippen molar-refractivity contribution >= 4 is 6.29 Å². The first-order valence-corrected chi connectivity index (χ1v) is 0.704. The molecule has 0 rings (SSSR count). The smallest absolute Gasteiger partial charge is 0 e. The molecule has 0 aliphatic rings. The van der Waals surface area contributed by atoms with E-state index in [1.165, 1.54) is 13.2 Å². The van der Waals surface area contributed by atoms with Crippen LogP contribution >= 0.6 is 0 Å². The maximum absolute atomic E-state index is 8.68. The number of carbonyl (C=O) groups excluding carboxylic acids is 1. The molecule has 0 amide bonds. The van der Waals surface area contributed by atoms with Crippen LogP contribution in [-0.4, -0.2) is 6.29 Å². The van der Waals surface area contributed by atoms with E-state index in [1.54, 1.807) is 0 Å². The number of hydrogen-bond acceptors (Lipinski definition) is 2. The van der Waals surface area contributed by atoms with Gasteiger partial charge >= 0.3 is 0 Å². The Balaban J connectivity index is -0.00000000133. The summed E-state index contributed by atoms with van der Waals surface area (Å²) in [5.41, 5.74) is 0. The summed E-state index contributed by atoms with van der Waals surface area (Å²) in [6, 6.07) is 0. The molecule has 3 N–H and O–H groups in total. The standard InChI is InChI=1S/C2H3O.CH3.H3N.4Y/c1-2-3;;;;;;/h1H3;2*1H3;;;;/q2*-1;;;;;. The van der Waals surface area contributed by atoms with Gasteiger partial charge < -0.3 is 18.4 Å². The van der Waals surface area contributed by atoms with Crippen LogP contribution < -0.4 is 6.15 Å². The van der Waals surface area contributed by atoms with E-state index in [9.17, 15) is 0 Å². The van der Waals surface area contributed by atoms with Gasteiger partial charge in [0.2, 0.25) is 0 Å². The Kier molecular flexibility index (Phi) is 332. The fourth-order valence-electron chi connectivity index (χ4n) is 0. The molecule has 2 nitrogen and oxygen atoms in total. The second kappa shape index (κ2) is 57.7. The van der Waals surface area contributed by atoms with E-state index in [2.05, 4.69) is 0 Å². The van der Waals surface area contributed by atoms with Gasteiger partial charge in [0.25, 0.3) is 0 Å². The van der Waals surface area contributed by atoms with Gasteiger partial charge in [-0.2, -0.15) is 6.92 Å². The molecular formula is C3H9NOY4-2. The van der Waals surface area contributed by atoms with Crippen molar-refractivity contribution in [2.24, 2.45) is 0 Å². The molecule has 0 saturated heterocycles. The van der Waals surface area contributed by atoms with Crippen LogP contribution in [-0.2, 0) is 136 Å². The third-order valence-electron chi connectivity index (χ3n) is 0. The third kappa shape index (κ3) is 74.3. The molecule has 46 valence electrons. The van der Waals surface area contributed by atoms with Gasteiger partial charge in [0, 0.05) is 131 Å². The van der Waals surface area contributed by atoms with Crippen molar-refractivity contribution in [3.05, 3.63) is 7.43 Å². The predicted molar refractivity (Wildman–Crippen MR) is 22.8 cm³/mol. The molecular weight excluding hydrogens is 422 g/mol. The molecule has 0 bridgehead atoms. The Morgan fingerprint density at radius 3 is 1.00 bits per heavy atom. The molecule has 0 aromatic heterocycles. The van der Waals surface area contributed by atoms with Gasteiger partial charge in [0.15, 0.2) is 0 Å². The van der Waals surface area contributed by atoms with Crippen LogP contribution in [0.2, 0.25) is 0 Å². The molecule has 0 atom stereocenters. The van der Waals surface area contributed by atoms with E-state index in [1.807, 2.05) is 0 Å². The van der Waals surface area contributed by atoms with Crippen molar-refractivity contribution < 1.29 is 136 Å². The first-order chi connectivity index (χ1) is 1.41. The zero-order valence-corrected chi connectivity index (χ0v) is 17.3. The Hall–Kier alpha value is 4.05. The Bertz CT molecular complexity index is 23.3. The summed E-state index contributed by atoms with van der Waals surface area (Å²) in [7, 11) is 0. The maximum Gasteiger partial charge on any atom is 0 e. The zero-order valence-electron chi connectivity index (χ0n) is 5.92. The van der Waals surface area contributed by atoms with Crippen LogP contribution in [0.5, 0.6) is 0 Å². The third-order valence-corrected chi connectivity index (χ3v) is 0. The number of rotatable bonds is 0. The molecule has 9 heavy (non-hydrogen) atoms. The summed E-state index contributed by atoms with van der Waals surface area (Å²) in [6.07, 6.45) is 1.50. The van der Waals surface area contributed by atoms with Crippen molar-refractivity contribution in [1.82, 2.24) is 6.15 Å². The van der Waals surface area contributed by atoms with Gasteiger partial charge in [-0.3, -0.25) is 6.29 Å². The summed E-state index contributed by atoms with van der Waals surface area (Å²) in [4.78, 5) is 8.68. The SMILES string of the molecule is C[C-]=O.N.[CH3-].[Y].[Y].[Y].[Y]. The summed E-state index contributed by atoms with van der Waals surface area (Å²) >= 11 is 0. The summed E-state index contributed by atoms with van der Waals surface area (Å²) in [5, 5.41) is 0. The molecule has 0 aliphatic carbocycles. The fourth-order valence-corrected chi connectivity index (χ4v) is 0. The minimum absolute atomic E-state index is 0. The Labute approximate surface area is 158 Å². The molecule has 0 heterocycles. The van der Waals surface area contributed by atoms with E-state index in [-0.39, 0.29) is 144 Å². The van der Waals surface area contributed by atoms with Gasteiger partial charge in [-0.05, 0) is 0 Å². The average Bonchev–Trinajstić information content (AvgIpc) is 0.918. The molecule has 0 saturated carbocycles. The molecule has 0 aromatic carbocycles. The van der Waals surface area contributed by atoms with Crippen molar-refractivity contribution in [1.29, 1.82) is 0 Å². The topological polar surface area (TPSA) is 52.1 Å². The summed E-state index contributed by atoms with van der Waals surface area (Å²) < 4.78 is 0. The molecule has 4 radical (unpaired) electrons. The van der Waals surface area contributed by atoms with E-state index in [0.717, 1.165) is 0 Å². The minimum Gasteiger partial charge on any atom is -0.542 e. The van der Waals surface area contributed by atoms with Crippen LogP contribution in [0.25, 0.3) is 0 Å². The minimum atomic E-state index is 0. The normalized spacial score (nSPS) is 1.44. The fraction of sp³-hybridized carbons (Fsp3) is 0.333. The molecule has 0 unspecified atom stereocenters. The average molecular weight is 431 g/mol. The molecule has 0 aromatic rings. The second-order valence-electron chi connectivity index (χ2n) is 0.204. The van der Waals surface area contributed by atoms with Gasteiger partial charge in [0.1, 0.15) is 0 Å². The van der Waals surface area contributed by atoms with Gasteiger partial charge in [-0.15, -0.1) is 0 Å². The van der Waals surface area contributed by atoms with Crippen molar-refractivity contribution in [3.63, 3.8) is 0 Å². The monoisotopic (exact) mass is 431 g/mol. The van der Waals surface area contributed by atoms with Crippen molar-refractivity contribution in [2.75, 3.05) is 0 Å². The Morgan fingerprint density at radius 1 is 1.00 bits per heavy atom. The molecule has 6 heteroatoms. The van der Waals surface area contributed by atoms with Crippen molar-refractivity contribution in [3.8, 4) is 0 Å². The second-order valence-corrected chi connectivity index (χ2v) is 0.204. The van der Waals surface area contributed by atoms with Crippen LogP contribution in [0.3, 0.4) is 0 Å². The van der Waals surface area contributed by atoms with E-state index in [0.29, 0.717) is 0 Å². The summed E-state index contributed by atoms with van der Waals surface area (Å²) in [6.45, 7) is 1.32. The molecule has 0 fully saturated rings. The molecule has 0 spiro atoms. The zero-order chi connectivity index (χ0) is 2.71. The van der Waals surface area contributed by atoms with Crippen LogP contribution in [0, 0.1) is 7.43 Å². The van der Waals surface area contributed by atoms with Crippen LogP contribution in [0.15, 0.2) is 0 Å². The van der Waals surface area contributed by atoms with E-state index in [4.69, 9.17) is 4.79 Å². The largest absolute Gasteiger partial charge is 0.542 e. The first kappa shape index (κ1) is 51.8. The van der Waals surface area contributed by atoms with Gasteiger partial charge in [0.05, 0.1) is 0 Å². The predicted octanol–water partition coefficient (Wildman–Crippen LogP) is 0.718. The van der Waals surface area contributed by atoms with Crippen molar-refractivity contribution in [2.45, 2.75) is 6.92 Å². The number of hydrogen-bond donors (Lipinski definition) is 1. The maximum atomic E-state index is 8.68. The van der Waals surface area contributed by atoms with Gasteiger partial charge in [-0.1, -0.05) is 0 Å². The quantitative estimate of drug-likeness (QED) is 0.576. The van der Waals surface area contributed by atoms with Gasteiger partial charge in [-0.25, -0.2) is 0 Å². The Morgan fingerprint density at radius 2 is 1.00 bits per heavy atom. The summed E-state index contributed by atoms with van der Waals surface area (Å²) in [5.74, 6) is 0. The van der Waals surface area contributed by atoms with E-state index >= 15 is 0 Å². The first-order valence-electron chi connectivity index (χ1n) is 0.704. The molecule has 0 aliphatic heterocycles. The van der Waals surface area contributed by atoms with Crippen LogP contribution in [0.4, 0.5) is 0 Å². The van der Waals surface area contributed by atoms with E-state index < -0.39 is 0 Å². The van der Waals surface area contributed by atoms with Crippen LogP contribution in [0.1, 0.15) is 6.92 Å².